The number of amides is 1. The lowest BCUT2D eigenvalue weighted by atomic mass is 10.1. The summed E-state index contributed by atoms with van der Waals surface area (Å²) < 4.78 is 0. The molecule has 5 N–H and O–H groups in total. The molecule has 0 heterocycles. The number of hydrogen-bond donors (Lipinski definition) is 3. The molecule has 0 aliphatic heterocycles. The Bertz CT molecular complexity index is 419. The molecule has 1 aromatic rings. The summed E-state index contributed by atoms with van der Waals surface area (Å²) in [5.74, 6) is -0.279. The summed E-state index contributed by atoms with van der Waals surface area (Å²) in [5.41, 5.74) is 11.7. The Morgan fingerprint density at radius 3 is 2.50 bits per heavy atom. The molecule has 98 valence electrons. The Balaban J connectivity index is 2.56. The van der Waals surface area contributed by atoms with Crippen LogP contribution in [-0.2, 0) is 11.2 Å². The number of rotatable bonds is 6. The molecule has 0 aliphatic rings. The van der Waals surface area contributed by atoms with Crippen LogP contribution >= 0.6 is 0 Å². The van der Waals surface area contributed by atoms with Crippen LogP contribution in [0.2, 0.25) is 0 Å². The van der Waals surface area contributed by atoms with Crippen molar-refractivity contribution in [2.45, 2.75) is 12.5 Å². The lowest BCUT2D eigenvalue weighted by Crippen LogP contribution is -2.43. The summed E-state index contributed by atoms with van der Waals surface area (Å²) in [6.45, 7) is 0.739. The first-order valence-corrected chi connectivity index (χ1v) is 5.51. The molecule has 0 saturated heterocycles. The molecule has 0 fully saturated rings. The van der Waals surface area contributed by atoms with Crippen LogP contribution in [-0.4, -0.2) is 30.0 Å². The highest BCUT2D eigenvalue weighted by molar-refractivity contribution is 5.81. The van der Waals surface area contributed by atoms with Crippen molar-refractivity contribution in [2.24, 2.45) is 11.5 Å². The van der Waals surface area contributed by atoms with Gasteiger partial charge >= 0.3 is 0 Å². The van der Waals surface area contributed by atoms with Gasteiger partial charge in [-0.1, -0.05) is 12.1 Å². The van der Waals surface area contributed by atoms with Gasteiger partial charge < -0.3 is 16.8 Å². The summed E-state index contributed by atoms with van der Waals surface area (Å²) in [4.78, 5) is 21.5. The largest absolute Gasteiger partial charge is 0.353 e. The average Bonchev–Trinajstić information content (AvgIpc) is 2.36. The number of non-ortho nitro benzene ring substituents is 1. The fraction of sp³-hybridized carbons (Fsp3) is 0.364. The van der Waals surface area contributed by atoms with Crippen LogP contribution in [0.25, 0.3) is 0 Å². The zero-order valence-electron chi connectivity index (χ0n) is 9.83. The summed E-state index contributed by atoms with van der Waals surface area (Å²) in [7, 11) is 0. The third kappa shape index (κ3) is 4.11. The van der Waals surface area contributed by atoms with Crippen molar-refractivity contribution >= 4 is 11.6 Å². The molecule has 1 aromatic carbocycles. The smallest absolute Gasteiger partial charge is 0.269 e. The highest BCUT2D eigenvalue weighted by Gasteiger charge is 2.14. The third-order valence-electron chi connectivity index (χ3n) is 2.38. The number of nitrogens with zero attached hydrogens (tertiary/aromatic N) is 1. The van der Waals surface area contributed by atoms with Crippen molar-refractivity contribution in [3.63, 3.8) is 0 Å². The van der Waals surface area contributed by atoms with Gasteiger partial charge in [-0.3, -0.25) is 14.9 Å². The lowest BCUT2D eigenvalue weighted by molar-refractivity contribution is -0.384. The van der Waals surface area contributed by atoms with Gasteiger partial charge in [0.15, 0.2) is 0 Å². The number of nitro groups is 1. The van der Waals surface area contributed by atoms with E-state index in [9.17, 15) is 14.9 Å². The maximum atomic E-state index is 11.5. The Morgan fingerprint density at radius 2 is 2.00 bits per heavy atom. The summed E-state index contributed by atoms with van der Waals surface area (Å²) in [6.07, 6.45) is 0.328. The van der Waals surface area contributed by atoms with Gasteiger partial charge in [0.05, 0.1) is 11.0 Å². The molecular weight excluding hydrogens is 236 g/mol. The molecule has 0 saturated carbocycles. The van der Waals surface area contributed by atoms with Crippen molar-refractivity contribution in [1.29, 1.82) is 0 Å². The summed E-state index contributed by atoms with van der Waals surface area (Å²) in [6, 6.07) is 5.28. The predicted molar refractivity (Wildman–Crippen MR) is 66.8 cm³/mol. The van der Waals surface area contributed by atoms with Crippen LogP contribution in [0.4, 0.5) is 5.69 Å². The summed E-state index contributed by atoms with van der Waals surface area (Å²) in [5, 5.41) is 13.1. The molecule has 0 aromatic heterocycles. The Kier molecular flexibility index (Phi) is 5.22. The minimum atomic E-state index is -0.682. The Hall–Kier alpha value is -1.99. The van der Waals surface area contributed by atoms with E-state index in [-0.39, 0.29) is 11.6 Å². The van der Waals surface area contributed by atoms with Gasteiger partial charge in [0.1, 0.15) is 0 Å². The van der Waals surface area contributed by atoms with Crippen LogP contribution in [0.5, 0.6) is 0 Å². The van der Waals surface area contributed by atoms with Gasteiger partial charge in [-0.25, -0.2) is 0 Å². The van der Waals surface area contributed by atoms with E-state index in [2.05, 4.69) is 5.32 Å². The van der Waals surface area contributed by atoms with E-state index in [1.54, 1.807) is 12.1 Å². The van der Waals surface area contributed by atoms with Crippen LogP contribution in [0, 0.1) is 10.1 Å². The molecule has 0 spiro atoms. The molecule has 1 atom stereocenters. The second-order valence-corrected chi connectivity index (χ2v) is 3.81. The van der Waals surface area contributed by atoms with Gasteiger partial charge in [-0.15, -0.1) is 0 Å². The number of carbonyl (C=O) groups excluding carboxylic acids is 1. The van der Waals surface area contributed by atoms with Gasteiger partial charge in [0, 0.05) is 25.2 Å². The molecule has 1 unspecified atom stereocenters. The molecule has 1 amide bonds. The SMILES string of the molecule is NCCNC(=O)C(N)Cc1ccc([N+](=O)[O-])cc1. The van der Waals surface area contributed by atoms with Gasteiger partial charge in [0.25, 0.3) is 5.69 Å². The van der Waals surface area contributed by atoms with E-state index in [1.165, 1.54) is 12.1 Å². The number of nitro benzene ring substituents is 1. The van der Waals surface area contributed by atoms with Gasteiger partial charge in [-0.05, 0) is 12.0 Å². The predicted octanol–water partition coefficient (Wildman–Crippen LogP) is -0.460. The molecule has 1 rings (SSSR count). The number of carbonyl (C=O) groups is 1. The van der Waals surface area contributed by atoms with E-state index >= 15 is 0 Å². The Morgan fingerprint density at radius 1 is 1.39 bits per heavy atom. The molecule has 7 nitrogen and oxygen atoms in total. The van der Waals surface area contributed by atoms with Crippen LogP contribution in [0.3, 0.4) is 0 Å². The monoisotopic (exact) mass is 252 g/mol. The fourth-order valence-electron chi connectivity index (χ4n) is 1.43. The van der Waals surface area contributed by atoms with E-state index in [1.807, 2.05) is 0 Å². The molecule has 7 heteroatoms. The topological polar surface area (TPSA) is 124 Å². The van der Waals surface area contributed by atoms with Crippen molar-refractivity contribution in [3.05, 3.63) is 39.9 Å². The number of benzene rings is 1. The molecule has 0 aliphatic carbocycles. The Labute approximate surface area is 104 Å². The highest BCUT2D eigenvalue weighted by Crippen LogP contribution is 2.12. The fourth-order valence-corrected chi connectivity index (χ4v) is 1.43. The van der Waals surface area contributed by atoms with Crippen molar-refractivity contribution in [3.8, 4) is 0 Å². The van der Waals surface area contributed by atoms with Crippen LogP contribution in [0.15, 0.2) is 24.3 Å². The maximum absolute atomic E-state index is 11.5. The summed E-state index contributed by atoms with van der Waals surface area (Å²) >= 11 is 0. The minimum Gasteiger partial charge on any atom is -0.353 e. The lowest BCUT2D eigenvalue weighted by Gasteiger charge is -2.11. The highest BCUT2D eigenvalue weighted by atomic mass is 16.6. The molecule has 0 bridgehead atoms. The second-order valence-electron chi connectivity index (χ2n) is 3.81. The van der Waals surface area contributed by atoms with Crippen molar-refractivity contribution in [2.75, 3.05) is 13.1 Å². The third-order valence-corrected chi connectivity index (χ3v) is 2.38. The first kappa shape index (κ1) is 14.1. The molecule has 18 heavy (non-hydrogen) atoms. The van der Waals surface area contributed by atoms with Crippen LogP contribution in [0.1, 0.15) is 5.56 Å². The second kappa shape index (κ2) is 6.67. The molecule has 0 radical (unpaired) electrons. The number of nitrogens with two attached hydrogens (primary N) is 2. The quantitative estimate of drug-likeness (QED) is 0.466. The molecular formula is C11H16N4O3. The van der Waals surface area contributed by atoms with E-state index in [4.69, 9.17) is 11.5 Å². The van der Waals surface area contributed by atoms with E-state index in [0.29, 0.717) is 19.5 Å². The average molecular weight is 252 g/mol. The minimum absolute atomic E-state index is 0.0138. The first-order chi connectivity index (χ1) is 8.54. The maximum Gasteiger partial charge on any atom is 0.269 e. The van der Waals surface area contributed by atoms with E-state index < -0.39 is 11.0 Å². The van der Waals surface area contributed by atoms with Crippen molar-refractivity contribution < 1.29 is 9.72 Å². The number of hydrogen-bond acceptors (Lipinski definition) is 5. The standard InChI is InChI=1S/C11H16N4O3/c12-5-6-14-11(16)10(13)7-8-1-3-9(4-2-8)15(17)18/h1-4,10H,5-7,12-13H2,(H,14,16). The normalized spacial score (nSPS) is 11.9. The van der Waals surface area contributed by atoms with Crippen molar-refractivity contribution in [1.82, 2.24) is 5.32 Å². The first-order valence-electron chi connectivity index (χ1n) is 5.51. The number of nitrogens with one attached hydrogen (secondary N) is 1. The zero-order chi connectivity index (χ0) is 13.5. The van der Waals surface area contributed by atoms with E-state index in [0.717, 1.165) is 5.56 Å². The zero-order valence-corrected chi connectivity index (χ0v) is 9.83. The van der Waals surface area contributed by atoms with Crippen LogP contribution < -0.4 is 16.8 Å². The van der Waals surface area contributed by atoms with Gasteiger partial charge in [-0.2, -0.15) is 0 Å². The van der Waals surface area contributed by atoms with Gasteiger partial charge in [0.2, 0.25) is 5.91 Å².